The first-order valence-electron chi connectivity index (χ1n) is 5.75. The van der Waals surface area contributed by atoms with Gasteiger partial charge >= 0.3 is 0 Å². The van der Waals surface area contributed by atoms with Crippen molar-refractivity contribution < 1.29 is 4.79 Å². The Labute approximate surface area is 101 Å². The summed E-state index contributed by atoms with van der Waals surface area (Å²) in [5, 5.41) is 0. The molecule has 1 unspecified atom stereocenters. The molecule has 1 heterocycles. The van der Waals surface area contributed by atoms with E-state index < -0.39 is 0 Å². The van der Waals surface area contributed by atoms with Crippen LogP contribution >= 0.6 is 0 Å². The highest BCUT2D eigenvalue weighted by atomic mass is 16.1. The van der Waals surface area contributed by atoms with E-state index in [4.69, 9.17) is 0 Å². The Morgan fingerprint density at radius 2 is 1.94 bits per heavy atom. The van der Waals surface area contributed by atoms with Crippen molar-refractivity contribution in [3.8, 4) is 0 Å². The summed E-state index contributed by atoms with van der Waals surface area (Å²) in [7, 11) is 0. The van der Waals surface area contributed by atoms with Gasteiger partial charge in [0.25, 0.3) is 0 Å². The lowest BCUT2D eigenvalue weighted by molar-refractivity contribution is 0.111. The molecule has 2 rings (SSSR count). The van der Waals surface area contributed by atoms with Crippen molar-refractivity contribution in [2.45, 2.75) is 19.3 Å². The number of carbonyl (C=O) groups is 1. The first kappa shape index (κ1) is 11.5. The van der Waals surface area contributed by atoms with Crippen molar-refractivity contribution in [2.75, 3.05) is 0 Å². The second-order valence-corrected chi connectivity index (χ2v) is 4.19. The van der Waals surface area contributed by atoms with E-state index in [2.05, 4.69) is 24.0 Å². The lowest BCUT2D eigenvalue weighted by Gasteiger charge is -2.13. The van der Waals surface area contributed by atoms with Crippen LogP contribution in [0.25, 0.3) is 0 Å². The monoisotopic (exact) mass is 225 g/mol. The van der Waals surface area contributed by atoms with Gasteiger partial charge in [-0.1, -0.05) is 43.3 Å². The van der Waals surface area contributed by atoms with E-state index >= 15 is 0 Å². The van der Waals surface area contributed by atoms with E-state index in [9.17, 15) is 4.79 Å². The highest BCUT2D eigenvalue weighted by molar-refractivity contribution is 5.74. The summed E-state index contributed by atoms with van der Waals surface area (Å²) in [6, 6.07) is 14.1. The molecule has 1 aromatic carbocycles. The Kier molecular flexibility index (Phi) is 3.66. The summed E-state index contributed by atoms with van der Waals surface area (Å²) in [6.07, 6.45) is 3.41. The van der Waals surface area contributed by atoms with E-state index in [1.807, 2.05) is 30.3 Å². The standard InChI is InChI=1S/C15H15NO/c1-12(10-13-6-3-2-4-7-13)14-8-5-9-16-15(14)11-17/h2-9,11-12H,10H2,1H3. The van der Waals surface area contributed by atoms with Crippen molar-refractivity contribution in [1.82, 2.24) is 4.98 Å². The molecule has 2 nitrogen and oxygen atoms in total. The summed E-state index contributed by atoms with van der Waals surface area (Å²) in [5.41, 5.74) is 2.85. The van der Waals surface area contributed by atoms with Crippen LogP contribution in [0.2, 0.25) is 0 Å². The maximum atomic E-state index is 10.9. The van der Waals surface area contributed by atoms with E-state index in [0.717, 1.165) is 18.3 Å². The van der Waals surface area contributed by atoms with Crippen LogP contribution in [0.5, 0.6) is 0 Å². The number of carbonyl (C=O) groups excluding carboxylic acids is 1. The van der Waals surface area contributed by atoms with Crippen LogP contribution < -0.4 is 0 Å². The van der Waals surface area contributed by atoms with Gasteiger partial charge in [0.15, 0.2) is 6.29 Å². The zero-order valence-corrected chi connectivity index (χ0v) is 9.84. The number of hydrogen-bond acceptors (Lipinski definition) is 2. The number of aromatic nitrogens is 1. The fraction of sp³-hybridized carbons (Fsp3) is 0.200. The zero-order valence-electron chi connectivity index (χ0n) is 9.84. The highest BCUT2D eigenvalue weighted by Gasteiger charge is 2.11. The quantitative estimate of drug-likeness (QED) is 0.748. The summed E-state index contributed by atoms with van der Waals surface area (Å²) in [5.74, 6) is 0.297. The van der Waals surface area contributed by atoms with Gasteiger partial charge in [-0.3, -0.25) is 9.78 Å². The molecule has 1 aromatic heterocycles. The molecule has 0 amide bonds. The van der Waals surface area contributed by atoms with Gasteiger partial charge in [0.1, 0.15) is 5.69 Å². The summed E-state index contributed by atoms with van der Waals surface area (Å²) >= 11 is 0. The molecule has 1 atom stereocenters. The predicted octanol–water partition coefficient (Wildman–Crippen LogP) is 3.24. The minimum Gasteiger partial charge on any atom is -0.296 e. The predicted molar refractivity (Wildman–Crippen MR) is 68.2 cm³/mol. The lowest BCUT2D eigenvalue weighted by Crippen LogP contribution is -2.03. The van der Waals surface area contributed by atoms with Crippen LogP contribution in [0.3, 0.4) is 0 Å². The maximum absolute atomic E-state index is 10.9. The maximum Gasteiger partial charge on any atom is 0.168 e. The Morgan fingerprint density at radius 1 is 1.18 bits per heavy atom. The van der Waals surface area contributed by atoms with Crippen LogP contribution in [-0.2, 0) is 6.42 Å². The second-order valence-electron chi connectivity index (χ2n) is 4.19. The third-order valence-electron chi connectivity index (χ3n) is 2.90. The number of benzene rings is 1. The van der Waals surface area contributed by atoms with Crippen LogP contribution in [0.1, 0.15) is 34.5 Å². The Bertz CT molecular complexity index is 493. The minimum absolute atomic E-state index is 0.297. The van der Waals surface area contributed by atoms with Gasteiger partial charge in [-0.25, -0.2) is 0 Å². The molecule has 17 heavy (non-hydrogen) atoms. The van der Waals surface area contributed by atoms with Crippen molar-refractivity contribution in [3.63, 3.8) is 0 Å². The first-order valence-corrected chi connectivity index (χ1v) is 5.75. The molecule has 0 radical (unpaired) electrons. The fourth-order valence-electron chi connectivity index (χ4n) is 2.02. The molecule has 0 aliphatic heterocycles. The van der Waals surface area contributed by atoms with Gasteiger partial charge in [0.05, 0.1) is 0 Å². The summed E-state index contributed by atoms with van der Waals surface area (Å²) in [6.45, 7) is 2.12. The van der Waals surface area contributed by atoms with Crippen LogP contribution in [0.4, 0.5) is 0 Å². The van der Waals surface area contributed by atoms with Crippen molar-refractivity contribution in [3.05, 3.63) is 65.5 Å². The number of pyridine rings is 1. The van der Waals surface area contributed by atoms with Crippen LogP contribution in [0, 0.1) is 0 Å². The van der Waals surface area contributed by atoms with Gasteiger partial charge in [-0.15, -0.1) is 0 Å². The first-order chi connectivity index (χ1) is 8.31. The smallest absolute Gasteiger partial charge is 0.168 e. The lowest BCUT2D eigenvalue weighted by atomic mass is 9.93. The highest BCUT2D eigenvalue weighted by Crippen LogP contribution is 2.21. The SMILES string of the molecule is CC(Cc1ccccc1)c1cccnc1C=O. The topological polar surface area (TPSA) is 30.0 Å². The van der Waals surface area contributed by atoms with Gasteiger partial charge in [-0.2, -0.15) is 0 Å². The van der Waals surface area contributed by atoms with Gasteiger partial charge in [-0.05, 0) is 29.5 Å². The van der Waals surface area contributed by atoms with E-state index in [0.29, 0.717) is 11.6 Å². The van der Waals surface area contributed by atoms with E-state index in [1.54, 1.807) is 6.20 Å². The van der Waals surface area contributed by atoms with Crippen molar-refractivity contribution in [2.24, 2.45) is 0 Å². The summed E-state index contributed by atoms with van der Waals surface area (Å²) < 4.78 is 0. The molecule has 0 bridgehead atoms. The second kappa shape index (κ2) is 5.39. The van der Waals surface area contributed by atoms with Crippen molar-refractivity contribution >= 4 is 6.29 Å². The molecule has 0 aliphatic rings. The molecular weight excluding hydrogens is 210 g/mol. The molecule has 0 aliphatic carbocycles. The fourth-order valence-corrected chi connectivity index (χ4v) is 2.02. The van der Waals surface area contributed by atoms with E-state index in [-0.39, 0.29) is 0 Å². The van der Waals surface area contributed by atoms with Crippen LogP contribution in [0.15, 0.2) is 48.7 Å². The number of aldehydes is 1. The third kappa shape index (κ3) is 2.78. The molecule has 0 fully saturated rings. The minimum atomic E-state index is 0.297. The summed E-state index contributed by atoms with van der Waals surface area (Å²) in [4.78, 5) is 15.0. The molecule has 86 valence electrons. The van der Waals surface area contributed by atoms with Gasteiger partial charge in [0.2, 0.25) is 0 Å². The molecule has 2 aromatic rings. The molecule has 0 spiro atoms. The molecular formula is C15H15NO. The normalized spacial score (nSPS) is 12.1. The zero-order chi connectivity index (χ0) is 12.1. The third-order valence-corrected chi connectivity index (χ3v) is 2.90. The number of nitrogens with zero attached hydrogens (tertiary/aromatic N) is 1. The molecule has 0 saturated carbocycles. The molecule has 2 heteroatoms. The average Bonchev–Trinajstić information content (AvgIpc) is 2.40. The Morgan fingerprint density at radius 3 is 2.65 bits per heavy atom. The Balaban J connectivity index is 2.20. The van der Waals surface area contributed by atoms with Gasteiger partial charge in [0, 0.05) is 6.20 Å². The molecule has 0 saturated heterocycles. The number of rotatable bonds is 4. The van der Waals surface area contributed by atoms with Gasteiger partial charge < -0.3 is 0 Å². The largest absolute Gasteiger partial charge is 0.296 e. The van der Waals surface area contributed by atoms with Crippen LogP contribution in [-0.4, -0.2) is 11.3 Å². The van der Waals surface area contributed by atoms with E-state index in [1.165, 1.54) is 5.56 Å². The molecule has 0 N–H and O–H groups in total. The number of hydrogen-bond donors (Lipinski definition) is 0. The average molecular weight is 225 g/mol. The van der Waals surface area contributed by atoms with Crippen molar-refractivity contribution in [1.29, 1.82) is 0 Å². The Hall–Kier alpha value is -1.96.